The SMILES string of the molecule is CC1CCC(C2COCC2O)CC1. The summed E-state index contributed by atoms with van der Waals surface area (Å²) in [6.07, 6.45) is 5.10. The Kier molecular flexibility index (Phi) is 2.89. The van der Waals surface area contributed by atoms with Crippen molar-refractivity contribution < 1.29 is 9.84 Å². The van der Waals surface area contributed by atoms with Gasteiger partial charge in [0.2, 0.25) is 0 Å². The normalized spacial score (nSPS) is 46.6. The number of hydrogen-bond donors (Lipinski definition) is 1. The smallest absolute Gasteiger partial charge is 0.0826 e. The predicted octanol–water partition coefficient (Wildman–Crippen LogP) is 1.82. The summed E-state index contributed by atoms with van der Waals surface area (Å²) >= 11 is 0. The van der Waals surface area contributed by atoms with Gasteiger partial charge in [0, 0.05) is 5.92 Å². The molecule has 1 aliphatic carbocycles. The second-order valence-corrected chi connectivity index (χ2v) is 4.79. The molecule has 0 aromatic heterocycles. The first kappa shape index (κ1) is 9.47. The Balaban J connectivity index is 1.86. The van der Waals surface area contributed by atoms with Gasteiger partial charge in [-0.3, -0.25) is 0 Å². The molecule has 1 N–H and O–H groups in total. The van der Waals surface area contributed by atoms with Crippen LogP contribution in [0.15, 0.2) is 0 Å². The van der Waals surface area contributed by atoms with Crippen LogP contribution in [0.3, 0.4) is 0 Å². The minimum Gasteiger partial charge on any atom is -0.390 e. The monoisotopic (exact) mass is 184 g/mol. The second-order valence-electron chi connectivity index (χ2n) is 4.79. The highest BCUT2D eigenvalue weighted by molar-refractivity contribution is 4.83. The minimum atomic E-state index is -0.182. The summed E-state index contributed by atoms with van der Waals surface area (Å²) in [5.74, 6) is 2.07. The Morgan fingerprint density at radius 1 is 1.08 bits per heavy atom. The fraction of sp³-hybridized carbons (Fsp3) is 1.00. The molecule has 0 aromatic rings. The van der Waals surface area contributed by atoms with Crippen LogP contribution in [0.1, 0.15) is 32.6 Å². The number of hydrogen-bond acceptors (Lipinski definition) is 2. The molecule has 0 amide bonds. The van der Waals surface area contributed by atoms with Gasteiger partial charge in [0.05, 0.1) is 19.3 Å². The van der Waals surface area contributed by atoms with Crippen molar-refractivity contribution in [2.24, 2.45) is 17.8 Å². The summed E-state index contributed by atoms with van der Waals surface area (Å²) in [6, 6.07) is 0. The van der Waals surface area contributed by atoms with E-state index in [1.165, 1.54) is 25.7 Å². The van der Waals surface area contributed by atoms with E-state index in [-0.39, 0.29) is 6.10 Å². The van der Waals surface area contributed by atoms with Crippen molar-refractivity contribution in [2.45, 2.75) is 38.7 Å². The number of aliphatic hydroxyl groups is 1. The second kappa shape index (κ2) is 3.97. The molecule has 2 aliphatic rings. The molecule has 2 heteroatoms. The van der Waals surface area contributed by atoms with Gasteiger partial charge in [-0.15, -0.1) is 0 Å². The van der Waals surface area contributed by atoms with Crippen molar-refractivity contribution in [1.29, 1.82) is 0 Å². The third kappa shape index (κ3) is 2.05. The maximum Gasteiger partial charge on any atom is 0.0826 e. The average Bonchev–Trinajstić information content (AvgIpc) is 2.53. The third-order valence-electron chi connectivity index (χ3n) is 3.76. The molecular weight excluding hydrogens is 164 g/mol. The van der Waals surface area contributed by atoms with Crippen molar-refractivity contribution >= 4 is 0 Å². The van der Waals surface area contributed by atoms with Gasteiger partial charge in [-0.1, -0.05) is 19.8 Å². The van der Waals surface area contributed by atoms with Crippen LogP contribution in [-0.2, 0) is 4.74 Å². The topological polar surface area (TPSA) is 29.5 Å². The highest BCUT2D eigenvalue weighted by Gasteiger charge is 2.34. The zero-order valence-electron chi connectivity index (χ0n) is 8.41. The fourth-order valence-electron chi connectivity index (χ4n) is 2.72. The quantitative estimate of drug-likeness (QED) is 0.673. The summed E-state index contributed by atoms with van der Waals surface area (Å²) in [5, 5.41) is 9.68. The summed E-state index contributed by atoms with van der Waals surface area (Å²) in [6.45, 7) is 3.69. The van der Waals surface area contributed by atoms with E-state index in [9.17, 15) is 5.11 Å². The van der Waals surface area contributed by atoms with Crippen LogP contribution < -0.4 is 0 Å². The van der Waals surface area contributed by atoms with Crippen LogP contribution in [0.4, 0.5) is 0 Å². The molecule has 2 unspecified atom stereocenters. The van der Waals surface area contributed by atoms with Crippen LogP contribution in [-0.4, -0.2) is 24.4 Å². The van der Waals surface area contributed by atoms with Crippen molar-refractivity contribution in [3.63, 3.8) is 0 Å². The van der Waals surface area contributed by atoms with E-state index in [0.717, 1.165) is 18.4 Å². The molecule has 1 aliphatic heterocycles. The summed E-state index contributed by atoms with van der Waals surface area (Å²) < 4.78 is 5.30. The zero-order valence-corrected chi connectivity index (χ0v) is 8.41. The maximum absolute atomic E-state index is 9.68. The van der Waals surface area contributed by atoms with Crippen LogP contribution in [0.5, 0.6) is 0 Å². The molecule has 13 heavy (non-hydrogen) atoms. The van der Waals surface area contributed by atoms with Crippen molar-refractivity contribution in [3.8, 4) is 0 Å². The van der Waals surface area contributed by atoms with E-state index in [0.29, 0.717) is 12.5 Å². The maximum atomic E-state index is 9.68. The molecule has 76 valence electrons. The van der Waals surface area contributed by atoms with E-state index < -0.39 is 0 Å². The number of aliphatic hydroxyl groups excluding tert-OH is 1. The van der Waals surface area contributed by atoms with Gasteiger partial charge < -0.3 is 9.84 Å². The largest absolute Gasteiger partial charge is 0.390 e. The van der Waals surface area contributed by atoms with Gasteiger partial charge >= 0.3 is 0 Å². The van der Waals surface area contributed by atoms with E-state index in [4.69, 9.17) is 4.74 Å². The Labute approximate surface area is 80.3 Å². The number of rotatable bonds is 1. The molecule has 1 heterocycles. The molecule has 2 fully saturated rings. The van der Waals surface area contributed by atoms with Gasteiger partial charge in [-0.25, -0.2) is 0 Å². The van der Waals surface area contributed by atoms with Gasteiger partial charge in [-0.05, 0) is 24.7 Å². The van der Waals surface area contributed by atoms with Gasteiger partial charge in [0.15, 0.2) is 0 Å². The van der Waals surface area contributed by atoms with Crippen molar-refractivity contribution in [1.82, 2.24) is 0 Å². The first-order chi connectivity index (χ1) is 6.27. The molecule has 2 nitrogen and oxygen atoms in total. The fourth-order valence-corrected chi connectivity index (χ4v) is 2.72. The summed E-state index contributed by atoms with van der Waals surface area (Å²) in [4.78, 5) is 0. The number of ether oxygens (including phenoxy) is 1. The molecular formula is C11H20O2. The standard InChI is InChI=1S/C11H20O2/c1-8-2-4-9(5-3-8)10-6-13-7-11(10)12/h8-12H,2-7H2,1H3. The lowest BCUT2D eigenvalue weighted by atomic mass is 9.75. The Morgan fingerprint density at radius 2 is 1.77 bits per heavy atom. The van der Waals surface area contributed by atoms with Crippen molar-refractivity contribution in [2.75, 3.05) is 13.2 Å². The Hall–Kier alpha value is -0.0800. The average molecular weight is 184 g/mol. The molecule has 0 bridgehead atoms. The van der Waals surface area contributed by atoms with Crippen LogP contribution in [0, 0.1) is 17.8 Å². The minimum absolute atomic E-state index is 0.182. The third-order valence-corrected chi connectivity index (χ3v) is 3.76. The highest BCUT2D eigenvalue weighted by Crippen LogP contribution is 2.36. The van der Waals surface area contributed by atoms with E-state index in [1.807, 2.05) is 0 Å². The van der Waals surface area contributed by atoms with Gasteiger partial charge in [0.1, 0.15) is 0 Å². The summed E-state index contributed by atoms with van der Waals surface area (Å²) in [7, 11) is 0. The van der Waals surface area contributed by atoms with E-state index >= 15 is 0 Å². The van der Waals surface area contributed by atoms with Crippen LogP contribution in [0.2, 0.25) is 0 Å². The summed E-state index contributed by atoms with van der Waals surface area (Å²) in [5.41, 5.74) is 0. The highest BCUT2D eigenvalue weighted by atomic mass is 16.5. The lowest BCUT2D eigenvalue weighted by Gasteiger charge is -2.31. The molecule has 1 saturated carbocycles. The first-order valence-electron chi connectivity index (χ1n) is 5.53. The predicted molar refractivity (Wildman–Crippen MR) is 51.4 cm³/mol. The molecule has 0 spiro atoms. The lowest BCUT2D eigenvalue weighted by molar-refractivity contribution is 0.0880. The Morgan fingerprint density at radius 3 is 2.31 bits per heavy atom. The Bertz CT molecular complexity index is 161. The molecule has 0 aromatic carbocycles. The van der Waals surface area contributed by atoms with Gasteiger partial charge in [0.25, 0.3) is 0 Å². The molecule has 2 atom stereocenters. The van der Waals surface area contributed by atoms with Crippen molar-refractivity contribution in [3.05, 3.63) is 0 Å². The molecule has 2 rings (SSSR count). The molecule has 1 saturated heterocycles. The zero-order chi connectivity index (χ0) is 9.26. The van der Waals surface area contributed by atoms with Crippen LogP contribution in [0.25, 0.3) is 0 Å². The lowest BCUT2D eigenvalue weighted by Crippen LogP contribution is -2.29. The first-order valence-corrected chi connectivity index (χ1v) is 5.53. The van der Waals surface area contributed by atoms with Gasteiger partial charge in [-0.2, -0.15) is 0 Å². The molecule has 0 radical (unpaired) electrons. The van der Waals surface area contributed by atoms with E-state index in [2.05, 4.69) is 6.92 Å². The van der Waals surface area contributed by atoms with E-state index in [1.54, 1.807) is 0 Å². The van der Waals surface area contributed by atoms with Crippen LogP contribution >= 0.6 is 0 Å².